The Hall–Kier alpha value is -3.26. The summed E-state index contributed by atoms with van der Waals surface area (Å²) in [5, 5.41) is 5.65. The molecule has 0 aliphatic heterocycles. The molecule has 0 heterocycles. The average Bonchev–Trinajstić information content (AvgIpc) is 2.86. The van der Waals surface area contributed by atoms with Crippen LogP contribution in [-0.2, 0) is 14.3 Å². The van der Waals surface area contributed by atoms with E-state index >= 15 is 0 Å². The Labute approximate surface area is 232 Å². The average molecular weight is 540 g/mol. The van der Waals surface area contributed by atoms with Crippen LogP contribution in [0.15, 0.2) is 55.1 Å². The van der Waals surface area contributed by atoms with Crippen molar-refractivity contribution in [3.05, 3.63) is 71.8 Å². The molecule has 0 radical (unpaired) electrons. The van der Waals surface area contributed by atoms with Gasteiger partial charge in [0.15, 0.2) is 0 Å². The smallest absolute Gasteiger partial charge is 0.408 e. The number of thiol groups is 1. The van der Waals surface area contributed by atoms with Crippen LogP contribution in [0.25, 0.3) is 6.08 Å². The molecule has 2 atom stereocenters. The second-order valence-corrected chi connectivity index (χ2v) is 10.6. The van der Waals surface area contributed by atoms with Crippen LogP contribution in [0.5, 0.6) is 0 Å². The van der Waals surface area contributed by atoms with E-state index in [1.807, 2.05) is 55.5 Å². The summed E-state index contributed by atoms with van der Waals surface area (Å²) in [7, 11) is 0. The van der Waals surface area contributed by atoms with Crippen molar-refractivity contribution in [3.8, 4) is 0 Å². The van der Waals surface area contributed by atoms with E-state index in [1.165, 1.54) is 0 Å². The fraction of sp³-hybridized carbons (Fsp3) is 0.433. The normalized spacial score (nSPS) is 12.7. The largest absolute Gasteiger partial charge is 0.444 e. The molecular formula is C30H41N3O4S. The number of para-hydroxylation sites is 1. The fourth-order valence-corrected chi connectivity index (χ4v) is 4.22. The minimum atomic E-state index is -0.980. The number of hydrogen-bond donors (Lipinski definition) is 3. The highest BCUT2D eigenvalue weighted by Crippen LogP contribution is 2.27. The molecule has 0 aliphatic rings. The second-order valence-electron chi connectivity index (χ2n) is 10.2. The van der Waals surface area contributed by atoms with Gasteiger partial charge < -0.3 is 20.3 Å². The lowest BCUT2D eigenvalue weighted by Gasteiger charge is -2.34. The van der Waals surface area contributed by atoms with Crippen LogP contribution >= 0.6 is 12.6 Å². The van der Waals surface area contributed by atoms with E-state index in [0.29, 0.717) is 24.2 Å². The molecule has 0 saturated carbocycles. The maximum absolute atomic E-state index is 14.0. The zero-order valence-corrected chi connectivity index (χ0v) is 24.0. The number of rotatable bonds is 12. The number of ether oxygens (including phenoxy) is 1. The monoisotopic (exact) mass is 539 g/mol. The van der Waals surface area contributed by atoms with Gasteiger partial charge in [-0.05, 0) is 62.9 Å². The van der Waals surface area contributed by atoms with E-state index in [0.717, 1.165) is 24.0 Å². The van der Waals surface area contributed by atoms with Crippen LogP contribution in [0.4, 0.5) is 10.5 Å². The summed E-state index contributed by atoms with van der Waals surface area (Å²) >= 11 is 4.35. The summed E-state index contributed by atoms with van der Waals surface area (Å²) in [6.45, 7) is 13.4. The van der Waals surface area contributed by atoms with Gasteiger partial charge in [0.05, 0.1) is 0 Å². The van der Waals surface area contributed by atoms with Gasteiger partial charge in [-0.3, -0.25) is 9.59 Å². The SMILES string of the molecule is C=Cc1cccc(C(C(=O)Nc2ccccc2C)N(CCCCC)C(=O)C(CS)NC(=O)OC(C)(C)C)c1. The predicted octanol–water partition coefficient (Wildman–Crippen LogP) is 6.16. The third kappa shape index (κ3) is 9.24. The maximum Gasteiger partial charge on any atom is 0.408 e. The number of unbranched alkanes of at least 4 members (excludes halogenated alkanes) is 2. The number of anilines is 1. The molecule has 7 nitrogen and oxygen atoms in total. The van der Waals surface area contributed by atoms with E-state index < -0.39 is 29.7 Å². The lowest BCUT2D eigenvalue weighted by atomic mass is 9.99. The Morgan fingerprint density at radius 2 is 1.82 bits per heavy atom. The van der Waals surface area contributed by atoms with Crippen molar-refractivity contribution in [2.45, 2.75) is 71.6 Å². The number of benzene rings is 2. The summed E-state index contributed by atoms with van der Waals surface area (Å²) in [6.07, 6.45) is 3.51. The van der Waals surface area contributed by atoms with Gasteiger partial charge in [0.25, 0.3) is 5.91 Å². The highest BCUT2D eigenvalue weighted by atomic mass is 32.1. The van der Waals surface area contributed by atoms with Gasteiger partial charge in [-0.2, -0.15) is 12.6 Å². The number of hydrogen-bond acceptors (Lipinski definition) is 5. The Bertz CT molecular complexity index is 1110. The Morgan fingerprint density at radius 3 is 2.42 bits per heavy atom. The topological polar surface area (TPSA) is 87.7 Å². The number of alkyl carbamates (subject to hydrolysis) is 1. The molecule has 2 unspecified atom stereocenters. The summed E-state index contributed by atoms with van der Waals surface area (Å²) in [5.41, 5.74) is 2.32. The maximum atomic E-state index is 14.0. The molecule has 2 aromatic carbocycles. The number of carbonyl (C=O) groups is 3. The minimum absolute atomic E-state index is 0.0428. The molecule has 3 amide bonds. The molecule has 206 valence electrons. The minimum Gasteiger partial charge on any atom is -0.444 e. The van der Waals surface area contributed by atoms with Crippen molar-refractivity contribution in [2.24, 2.45) is 0 Å². The van der Waals surface area contributed by atoms with Crippen molar-refractivity contribution in [1.82, 2.24) is 10.2 Å². The van der Waals surface area contributed by atoms with E-state index in [-0.39, 0.29) is 11.7 Å². The molecule has 0 saturated heterocycles. The number of aryl methyl sites for hydroxylation is 1. The molecule has 0 aliphatic carbocycles. The van der Waals surface area contributed by atoms with Crippen LogP contribution in [0, 0.1) is 6.92 Å². The lowest BCUT2D eigenvalue weighted by molar-refractivity contribution is -0.140. The standard InChI is InChI=1S/C30H41N3O4S/c1-7-9-12-18-33(28(35)25(20-38)32-29(36)37-30(4,5)6)26(23-16-13-15-22(8-2)19-23)27(34)31-24-17-11-10-14-21(24)3/h8,10-11,13-17,19,25-26,38H,2,7,9,12,18,20H2,1,3-6H3,(H,31,34)(H,32,36). The first-order chi connectivity index (χ1) is 18.0. The van der Waals surface area contributed by atoms with E-state index in [2.05, 4.69) is 36.8 Å². The molecule has 38 heavy (non-hydrogen) atoms. The molecule has 0 aromatic heterocycles. The van der Waals surface area contributed by atoms with Crippen molar-refractivity contribution < 1.29 is 19.1 Å². The molecule has 2 aromatic rings. The molecule has 0 spiro atoms. The second kappa shape index (κ2) is 14.6. The highest BCUT2D eigenvalue weighted by Gasteiger charge is 2.36. The van der Waals surface area contributed by atoms with Crippen molar-refractivity contribution in [2.75, 3.05) is 17.6 Å². The third-order valence-electron chi connectivity index (χ3n) is 5.88. The zero-order valence-electron chi connectivity index (χ0n) is 23.1. The van der Waals surface area contributed by atoms with Crippen LogP contribution in [-0.4, -0.2) is 46.7 Å². The van der Waals surface area contributed by atoms with E-state index in [9.17, 15) is 14.4 Å². The fourth-order valence-electron chi connectivity index (χ4n) is 3.98. The first kappa shape index (κ1) is 31.0. The van der Waals surface area contributed by atoms with E-state index in [4.69, 9.17) is 4.74 Å². The molecular weight excluding hydrogens is 498 g/mol. The summed E-state index contributed by atoms with van der Waals surface area (Å²) in [5.74, 6) is -0.710. The summed E-state index contributed by atoms with van der Waals surface area (Å²) in [4.78, 5) is 41.9. The Balaban J connectivity index is 2.52. The first-order valence-corrected chi connectivity index (χ1v) is 13.6. The number of carbonyl (C=O) groups excluding carboxylic acids is 3. The Morgan fingerprint density at radius 1 is 1.11 bits per heavy atom. The van der Waals surface area contributed by atoms with Crippen molar-refractivity contribution in [1.29, 1.82) is 0 Å². The van der Waals surface area contributed by atoms with Gasteiger partial charge in [-0.15, -0.1) is 0 Å². The lowest BCUT2D eigenvalue weighted by Crippen LogP contribution is -2.53. The van der Waals surface area contributed by atoms with Gasteiger partial charge in [0, 0.05) is 18.0 Å². The predicted molar refractivity (Wildman–Crippen MR) is 157 cm³/mol. The quantitative estimate of drug-likeness (QED) is 0.223. The summed E-state index contributed by atoms with van der Waals surface area (Å²) in [6, 6.07) is 13.0. The molecule has 2 rings (SSSR count). The van der Waals surface area contributed by atoms with Crippen LogP contribution in [0.2, 0.25) is 0 Å². The van der Waals surface area contributed by atoms with Gasteiger partial charge in [0.1, 0.15) is 17.7 Å². The molecule has 2 N–H and O–H groups in total. The van der Waals surface area contributed by atoms with Crippen LogP contribution < -0.4 is 10.6 Å². The van der Waals surface area contributed by atoms with Gasteiger partial charge in [-0.1, -0.05) is 68.8 Å². The van der Waals surface area contributed by atoms with Crippen LogP contribution in [0.3, 0.4) is 0 Å². The van der Waals surface area contributed by atoms with Crippen molar-refractivity contribution in [3.63, 3.8) is 0 Å². The molecule has 0 fully saturated rings. The van der Waals surface area contributed by atoms with Gasteiger partial charge >= 0.3 is 6.09 Å². The Kier molecular flexibility index (Phi) is 11.9. The summed E-state index contributed by atoms with van der Waals surface area (Å²) < 4.78 is 5.37. The first-order valence-electron chi connectivity index (χ1n) is 13.0. The third-order valence-corrected chi connectivity index (χ3v) is 6.25. The van der Waals surface area contributed by atoms with E-state index in [1.54, 1.807) is 31.7 Å². The molecule has 0 bridgehead atoms. The highest BCUT2D eigenvalue weighted by molar-refractivity contribution is 7.80. The van der Waals surface area contributed by atoms with Gasteiger partial charge in [0.2, 0.25) is 5.91 Å². The molecule has 8 heteroatoms. The number of nitrogens with zero attached hydrogens (tertiary/aromatic N) is 1. The van der Waals surface area contributed by atoms with Gasteiger partial charge in [-0.25, -0.2) is 4.79 Å². The number of nitrogens with one attached hydrogen (secondary N) is 2. The van der Waals surface area contributed by atoms with Crippen molar-refractivity contribution >= 4 is 42.3 Å². The number of amides is 3. The van der Waals surface area contributed by atoms with Crippen LogP contribution in [0.1, 0.15) is 69.7 Å². The zero-order chi connectivity index (χ0) is 28.3.